The van der Waals surface area contributed by atoms with Gasteiger partial charge < -0.3 is 15.0 Å². The van der Waals surface area contributed by atoms with E-state index in [2.05, 4.69) is 5.32 Å². The molecule has 0 aliphatic carbocycles. The van der Waals surface area contributed by atoms with Gasteiger partial charge in [-0.05, 0) is 38.8 Å². The molecular formula is C17H23F3N2O2. The van der Waals surface area contributed by atoms with Gasteiger partial charge in [-0.15, -0.1) is 0 Å². The van der Waals surface area contributed by atoms with Gasteiger partial charge in [0, 0.05) is 19.6 Å². The second-order valence-electron chi connectivity index (χ2n) is 6.93. The van der Waals surface area contributed by atoms with Crippen LogP contribution >= 0.6 is 0 Å². The van der Waals surface area contributed by atoms with Gasteiger partial charge in [-0.25, -0.2) is 4.79 Å². The zero-order chi connectivity index (χ0) is 18.0. The van der Waals surface area contributed by atoms with Gasteiger partial charge >= 0.3 is 12.3 Å². The van der Waals surface area contributed by atoms with Gasteiger partial charge in [-0.3, -0.25) is 0 Å². The summed E-state index contributed by atoms with van der Waals surface area (Å²) in [5.41, 5.74) is -0.734. The van der Waals surface area contributed by atoms with E-state index in [0.29, 0.717) is 31.6 Å². The molecule has 1 aromatic carbocycles. The van der Waals surface area contributed by atoms with Crippen molar-refractivity contribution in [2.75, 3.05) is 19.6 Å². The molecule has 0 aromatic heterocycles. The number of piperazine rings is 1. The summed E-state index contributed by atoms with van der Waals surface area (Å²) in [5.74, 6) is 0. The number of nitrogens with one attached hydrogen (secondary N) is 1. The van der Waals surface area contributed by atoms with Gasteiger partial charge in [-0.1, -0.05) is 18.2 Å². The molecule has 134 valence electrons. The van der Waals surface area contributed by atoms with Crippen LogP contribution in [0.1, 0.15) is 31.9 Å². The Balaban J connectivity index is 2.13. The van der Waals surface area contributed by atoms with E-state index in [0.717, 1.165) is 12.1 Å². The summed E-state index contributed by atoms with van der Waals surface area (Å²) in [4.78, 5) is 13.9. The third-order valence-electron chi connectivity index (χ3n) is 3.70. The fourth-order valence-electron chi connectivity index (χ4n) is 2.65. The molecule has 0 saturated carbocycles. The first-order valence-electron chi connectivity index (χ1n) is 7.93. The maximum atomic E-state index is 12.8. The van der Waals surface area contributed by atoms with Crippen molar-refractivity contribution in [1.29, 1.82) is 0 Å². The predicted octanol–water partition coefficient (Wildman–Crippen LogP) is 3.46. The minimum atomic E-state index is -4.37. The van der Waals surface area contributed by atoms with E-state index in [1.807, 2.05) is 0 Å². The Kier molecular flexibility index (Phi) is 5.42. The van der Waals surface area contributed by atoms with E-state index in [1.165, 1.54) is 6.07 Å². The molecule has 1 unspecified atom stereocenters. The highest BCUT2D eigenvalue weighted by atomic mass is 19.4. The highest BCUT2D eigenvalue weighted by Crippen LogP contribution is 2.30. The van der Waals surface area contributed by atoms with Crippen LogP contribution in [0.2, 0.25) is 0 Å². The van der Waals surface area contributed by atoms with Crippen molar-refractivity contribution in [3.63, 3.8) is 0 Å². The highest BCUT2D eigenvalue weighted by Gasteiger charge is 2.32. The minimum Gasteiger partial charge on any atom is -0.444 e. The summed E-state index contributed by atoms with van der Waals surface area (Å²) in [7, 11) is 0. The van der Waals surface area contributed by atoms with Crippen LogP contribution in [0.15, 0.2) is 24.3 Å². The van der Waals surface area contributed by atoms with Crippen molar-refractivity contribution in [3.8, 4) is 0 Å². The summed E-state index contributed by atoms with van der Waals surface area (Å²) in [6, 6.07) is 5.00. The molecule has 1 saturated heterocycles. The van der Waals surface area contributed by atoms with Crippen LogP contribution in [0.5, 0.6) is 0 Å². The van der Waals surface area contributed by atoms with E-state index in [9.17, 15) is 18.0 Å². The van der Waals surface area contributed by atoms with Crippen molar-refractivity contribution in [2.24, 2.45) is 0 Å². The lowest BCUT2D eigenvalue weighted by Gasteiger charge is -2.37. The van der Waals surface area contributed by atoms with Crippen molar-refractivity contribution < 1.29 is 22.7 Å². The summed E-state index contributed by atoms with van der Waals surface area (Å²) in [6.45, 7) is 6.99. The van der Waals surface area contributed by atoms with Gasteiger partial charge in [0.25, 0.3) is 0 Å². The van der Waals surface area contributed by atoms with Crippen LogP contribution in [-0.2, 0) is 17.3 Å². The van der Waals surface area contributed by atoms with Crippen molar-refractivity contribution in [1.82, 2.24) is 10.2 Å². The van der Waals surface area contributed by atoms with Crippen LogP contribution in [0.4, 0.5) is 18.0 Å². The third-order valence-corrected chi connectivity index (χ3v) is 3.70. The molecular weight excluding hydrogens is 321 g/mol. The van der Waals surface area contributed by atoms with Crippen LogP contribution in [0, 0.1) is 0 Å². The summed E-state index contributed by atoms with van der Waals surface area (Å²) in [5, 5.41) is 3.18. The second kappa shape index (κ2) is 7.01. The number of benzene rings is 1. The number of halogens is 3. The Hall–Kier alpha value is -1.76. The maximum absolute atomic E-state index is 12.8. The first kappa shape index (κ1) is 18.6. The Morgan fingerprint density at radius 2 is 2.04 bits per heavy atom. The third kappa shape index (κ3) is 5.12. The van der Waals surface area contributed by atoms with Gasteiger partial charge in [0.15, 0.2) is 0 Å². The van der Waals surface area contributed by atoms with Crippen molar-refractivity contribution in [2.45, 2.75) is 45.0 Å². The number of nitrogens with zero attached hydrogens (tertiary/aromatic N) is 1. The fraction of sp³-hybridized carbons (Fsp3) is 0.588. The van der Waals surface area contributed by atoms with E-state index < -0.39 is 23.4 Å². The molecule has 1 atom stereocenters. The number of hydrogen-bond donors (Lipinski definition) is 1. The van der Waals surface area contributed by atoms with Gasteiger partial charge in [-0.2, -0.15) is 13.2 Å². The normalized spacial score (nSPS) is 19.2. The monoisotopic (exact) mass is 344 g/mol. The number of amides is 1. The lowest BCUT2D eigenvalue weighted by molar-refractivity contribution is -0.137. The summed E-state index contributed by atoms with van der Waals surface area (Å²) in [6.07, 6.45) is -4.46. The average molecular weight is 344 g/mol. The molecule has 1 aromatic rings. The van der Waals surface area contributed by atoms with Gasteiger partial charge in [0.2, 0.25) is 0 Å². The first-order chi connectivity index (χ1) is 11.1. The molecule has 1 aliphatic rings. The number of carbonyl (C=O) groups excluding carboxylic acids is 1. The number of hydrogen-bond acceptors (Lipinski definition) is 3. The Labute approximate surface area is 140 Å². The molecule has 1 N–H and O–H groups in total. The van der Waals surface area contributed by atoms with Crippen molar-refractivity contribution >= 4 is 6.09 Å². The largest absolute Gasteiger partial charge is 0.444 e. The van der Waals surface area contributed by atoms with Crippen molar-refractivity contribution in [3.05, 3.63) is 35.4 Å². The summed E-state index contributed by atoms with van der Waals surface area (Å²) >= 11 is 0. The highest BCUT2D eigenvalue weighted by molar-refractivity contribution is 5.68. The molecule has 1 amide bonds. The fourth-order valence-corrected chi connectivity index (χ4v) is 2.65. The first-order valence-corrected chi connectivity index (χ1v) is 7.93. The van der Waals surface area contributed by atoms with E-state index in [4.69, 9.17) is 4.74 Å². The molecule has 1 aliphatic heterocycles. The number of alkyl halides is 3. The van der Waals surface area contributed by atoms with Gasteiger partial charge in [0.05, 0.1) is 11.6 Å². The summed E-state index contributed by atoms with van der Waals surface area (Å²) < 4.78 is 43.9. The molecule has 7 heteroatoms. The molecule has 0 spiro atoms. The zero-order valence-electron chi connectivity index (χ0n) is 14.1. The molecule has 0 radical (unpaired) electrons. The molecule has 24 heavy (non-hydrogen) atoms. The molecule has 1 fully saturated rings. The number of rotatable bonds is 2. The number of carbonyl (C=O) groups is 1. The van der Waals surface area contributed by atoms with Crippen LogP contribution in [0.25, 0.3) is 0 Å². The van der Waals surface area contributed by atoms with Crippen LogP contribution in [0.3, 0.4) is 0 Å². The predicted molar refractivity (Wildman–Crippen MR) is 84.7 cm³/mol. The molecule has 2 rings (SSSR count). The molecule has 0 bridgehead atoms. The standard InChI is InChI=1S/C17H23F3N2O2/c1-16(2,3)24-15(23)22-8-7-21-11-14(22)10-12-5-4-6-13(9-12)17(18,19)20/h4-6,9,14,21H,7-8,10-11H2,1-3H3. The maximum Gasteiger partial charge on any atom is 0.416 e. The van der Waals surface area contributed by atoms with E-state index in [-0.39, 0.29) is 6.04 Å². The second-order valence-corrected chi connectivity index (χ2v) is 6.93. The van der Waals surface area contributed by atoms with Gasteiger partial charge in [0.1, 0.15) is 5.60 Å². The zero-order valence-corrected chi connectivity index (χ0v) is 14.1. The average Bonchev–Trinajstić information content (AvgIpc) is 2.45. The molecule has 1 heterocycles. The lowest BCUT2D eigenvalue weighted by Crippen LogP contribution is -2.55. The smallest absolute Gasteiger partial charge is 0.416 e. The molecule has 4 nitrogen and oxygen atoms in total. The SMILES string of the molecule is CC(C)(C)OC(=O)N1CCNCC1Cc1cccc(C(F)(F)F)c1. The number of ether oxygens (including phenoxy) is 1. The Bertz CT molecular complexity index is 582. The van der Waals surface area contributed by atoms with E-state index in [1.54, 1.807) is 31.7 Å². The van der Waals surface area contributed by atoms with E-state index >= 15 is 0 Å². The van der Waals surface area contributed by atoms with Crippen LogP contribution < -0.4 is 5.32 Å². The Morgan fingerprint density at radius 3 is 2.67 bits per heavy atom. The minimum absolute atomic E-state index is 0.239. The Morgan fingerprint density at radius 1 is 1.33 bits per heavy atom. The topological polar surface area (TPSA) is 41.6 Å². The van der Waals surface area contributed by atoms with Crippen LogP contribution in [-0.4, -0.2) is 42.3 Å². The quantitative estimate of drug-likeness (QED) is 0.893. The lowest BCUT2D eigenvalue weighted by atomic mass is 10.0.